The fourth-order valence-corrected chi connectivity index (χ4v) is 3.44. The summed E-state index contributed by atoms with van der Waals surface area (Å²) in [5.41, 5.74) is 0.781. The van der Waals surface area contributed by atoms with E-state index in [0.717, 1.165) is 6.07 Å². The van der Waals surface area contributed by atoms with Crippen LogP contribution in [0.15, 0.2) is 65.3 Å². The van der Waals surface area contributed by atoms with Crippen LogP contribution >= 0.6 is 0 Å². The summed E-state index contributed by atoms with van der Waals surface area (Å²) in [5.74, 6) is 0.0706. The smallest absolute Gasteiger partial charge is 0.416 e. The molecule has 4 rings (SSSR count). The number of para-hydroxylation sites is 1. The lowest BCUT2D eigenvalue weighted by Crippen LogP contribution is -2.46. The lowest BCUT2D eigenvalue weighted by Gasteiger charge is -2.35. The van der Waals surface area contributed by atoms with Crippen LogP contribution in [-0.4, -0.2) is 42.0 Å². The quantitative estimate of drug-likeness (QED) is 0.655. The summed E-state index contributed by atoms with van der Waals surface area (Å²) < 4.78 is 44.3. The Kier molecular flexibility index (Phi) is 5.94. The molecule has 2 aromatic carbocycles. The van der Waals surface area contributed by atoms with Crippen LogP contribution in [0, 0.1) is 0 Å². The van der Waals surface area contributed by atoms with E-state index < -0.39 is 11.7 Å². The number of rotatable bonds is 5. The van der Waals surface area contributed by atoms with Crippen LogP contribution in [-0.2, 0) is 12.7 Å². The van der Waals surface area contributed by atoms with Crippen molar-refractivity contribution < 1.29 is 22.4 Å². The van der Waals surface area contributed by atoms with Crippen molar-refractivity contribution in [2.45, 2.75) is 12.7 Å². The number of benzene rings is 2. The van der Waals surface area contributed by atoms with Gasteiger partial charge in [-0.05, 0) is 30.3 Å². The van der Waals surface area contributed by atoms with Crippen LogP contribution in [0.3, 0.4) is 0 Å². The van der Waals surface area contributed by atoms with E-state index in [0.29, 0.717) is 50.0 Å². The van der Waals surface area contributed by atoms with Gasteiger partial charge in [0.05, 0.1) is 12.1 Å². The summed E-state index contributed by atoms with van der Waals surface area (Å²) >= 11 is 0. The number of anilines is 2. The van der Waals surface area contributed by atoms with Gasteiger partial charge >= 0.3 is 6.18 Å². The number of carbonyl (C=O) groups is 1. The number of piperazine rings is 1. The van der Waals surface area contributed by atoms with Crippen molar-refractivity contribution in [2.24, 2.45) is 0 Å². The highest BCUT2D eigenvalue weighted by Crippen LogP contribution is 2.32. The second-order valence-corrected chi connectivity index (χ2v) is 7.26. The van der Waals surface area contributed by atoms with E-state index in [9.17, 15) is 18.0 Å². The summed E-state index contributed by atoms with van der Waals surface area (Å²) in [5, 5.41) is 2.75. The van der Waals surface area contributed by atoms with Gasteiger partial charge in [0.15, 0.2) is 5.69 Å². The standard InChI is InChI=1S/C22H21F3N4O2/c23-22(24,25)16-5-4-8-18(13-16)29-11-9-28(10-12-29)14-20-27-19(15-31-20)21(30)26-17-6-2-1-3-7-17/h1-8,13,15H,9-12,14H2,(H,26,30). The summed E-state index contributed by atoms with van der Waals surface area (Å²) in [4.78, 5) is 20.6. The van der Waals surface area contributed by atoms with E-state index in [2.05, 4.69) is 15.2 Å². The molecule has 6 nitrogen and oxygen atoms in total. The molecule has 0 aliphatic carbocycles. The zero-order valence-electron chi connectivity index (χ0n) is 16.6. The van der Waals surface area contributed by atoms with Gasteiger partial charge in [-0.2, -0.15) is 13.2 Å². The zero-order chi connectivity index (χ0) is 21.8. The first-order chi connectivity index (χ1) is 14.9. The SMILES string of the molecule is O=C(Nc1ccccc1)c1coc(CN2CCN(c3cccc(C(F)(F)F)c3)CC2)n1. The van der Waals surface area contributed by atoms with Gasteiger partial charge in [-0.15, -0.1) is 0 Å². The number of amides is 1. The van der Waals surface area contributed by atoms with Crippen LogP contribution in [0.4, 0.5) is 24.5 Å². The van der Waals surface area contributed by atoms with Gasteiger partial charge < -0.3 is 14.6 Å². The zero-order valence-corrected chi connectivity index (χ0v) is 16.6. The molecule has 0 saturated carbocycles. The lowest BCUT2D eigenvalue weighted by molar-refractivity contribution is -0.137. The van der Waals surface area contributed by atoms with Gasteiger partial charge in [-0.1, -0.05) is 24.3 Å². The number of carbonyl (C=O) groups excluding carboxylic acids is 1. The molecule has 1 amide bonds. The van der Waals surface area contributed by atoms with Gasteiger partial charge in [0, 0.05) is 37.6 Å². The topological polar surface area (TPSA) is 61.6 Å². The van der Waals surface area contributed by atoms with Gasteiger partial charge in [-0.3, -0.25) is 9.69 Å². The maximum Gasteiger partial charge on any atom is 0.416 e. The van der Waals surface area contributed by atoms with Gasteiger partial charge in [0.1, 0.15) is 6.26 Å². The fourth-order valence-electron chi connectivity index (χ4n) is 3.44. The van der Waals surface area contributed by atoms with E-state index >= 15 is 0 Å². The van der Waals surface area contributed by atoms with Crippen LogP contribution in [0.25, 0.3) is 0 Å². The van der Waals surface area contributed by atoms with E-state index in [1.807, 2.05) is 23.1 Å². The Labute approximate surface area is 177 Å². The van der Waals surface area contributed by atoms with E-state index in [1.165, 1.54) is 18.4 Å². The summed E-state index contributed by atoms with van der Waals surface area (Å²) in [6.07, 6.45) is -3.03. The van der Waals surface area contributed by atoms with Crippen molar-refractivity contribution in [3.05, 3.63) is 78.0 Å². The second-order valence-electron chi connectivity index (χ2n) is 7.26. The molecule has 0 unspecified atom stereocenters. The first-order valence-corrected chi connectivity index (χ1v) is 9.84. The molecule has 0 bridgehead atoms. The molecule has 9 heteroatoms. The maximum absolute atomic E-state index is 12.9. The van der Waals surface area contributed by atoms with Crippen molar-refractivity contribution in [3.8, 4) is 0 Å². The van der Waals surface area contributed by atoms with Crippen molar-refractivity contribution in [1.29, 1.82) is 0 Å². The Bertz CT molecular complexity index is 1030. The minimum atomic E-state index is -4.35. The van der Waals surface area contributed by atoms with Crippen LogP contribution in [0.5, 0.6) is 0 Å². The maximum atomic E-state index is 12.9. The molecular weight excluding hydrogens is 409 g/mol. The molecule has 162 valence electrons. The third-order valence-electron chi connectivity index (χ3n) is 5.09. The molecule has 1 aliphatic rings. The van der Waals surface area contributed by atoms with Gasteiger partial charge in [-0.25, -0.2) is 4.98 Å². The molecule has 3 aromatic rings. The number of hydrogen-bond donors (Lipinski definition) is 1. The number of oxazole rings is 1. The normalized spacial score (nSPS) is 15.1. The Morgan fingerprint density at radius 1 is 1.03 bits per heavy atom. The third-order valence-corrected chi connectivity index (χ3v) is 5.09. The molecule has 0 radical (unpaired) electrons. The van der Waals surface area contributed by atoms with Crippen molar-refractivity contribution in [2.75, 3.05) is 36.4 Å². The molecular formula is C22H21F3N4O2. The molecule has 1 N–H and O–H groups in total. The summed E-state index contributed by atoms with van der Waals surface area (Å²) in [6, 6.07) is 14.4. The summed E-state index contributed by atoms with van der Waals surface area (Å²) in [6.45, 7) is 2.89. The molecule has 2 heterocycles. The van der Waals surface area contributed by atoms with Gasteiger partial charge in [0.2, 0.25) is 5.89 Å². The molecule has 0 spiro atoms. The first-order valence-electron chi connectivity index (χ1n) is 9.84. The van der Waals surface area contributed by atoms with Gasteiger partial charge in [0.25, 0.3) is 5.91 Å². The average Bonchev–Trinajstić information content (AvgIpc) is 3.23. The number of nitrogens with zero attached hydrogens (tertiary/aromatic N) is 3. The van der Waals surface area contributed by atoms with Crippen LogP contribution in [0.1, 0.15) is 21.9 Å². The minimum absolute atomic E-state index is 0.196. The van der Waals surface area contributed by atoms with Crippen LogP contribution < -0.4 is 10.2 Å². The molecule has 1 aromatic heterocycles. The van der Waals surface area contributed by atoms with Crippen molar-refractivity contribution in [3.63, 3.8) is 0 Å². The Balaban J connectivity index is 1.31. The van der Waals surface area contributed by atoms with E-state index in [4.69, 9.17) is 4.42 Å². The Morgan fingerprint density at radius 2 is 1.77 bits per heavy atom. The lowest BCUT2D eigenvalue weighted by atomic mass is 10.1. The highest BCUT2D eigenvalue weighted by Gasteiger charge is 2.31. The third kappa shape index (κ3) is 5.24. The Morgan fingerprint density at radius 3 is 2.48 bits per heavy atom. The molecule has 1 aliphatic heterocycles. The predicted molar refractivity (Wildman–Crippen MR) is 110 cm³/mol. The van der Waals surface area contributed by atoms with E-state index in [1.54, 1.807) is 18.2 Å². The average molecular weight is 430 g/mol. The first kappa shape index (κ1) is 20.9. The van der Waals surface area contributed by atoms with Crippen molar-refractivity contribution >= 4 is 17.3 Å². The van der Waals surface area contributed by atoms with Crippen molar-refractivity contribution in [1.82, 2.24) is 9.88 Å². The van der Waals surface area contributed by atoms with E-state index in [-0.39, 0.29) is 11.6 Å². The number of aromatic nitrogens is 1. The number of nitrogens with one attached hydrogen (secondary N) is 1. The largest absolute Gasteiger partial charge is 0.447 e. The summed E-state index contributed by atoms with van der Waals surface area (Å²) in [7, 11) is 0. The monoisotopic (exact) mass is 430 g/mol. The minimum Gasteiger partial charge on any atom is -0.447 e. The number of halogens is 3. The number of hydrogen-bond acceptors (Lipinski definition) is 5. The second kappa shape index (κ2) is 8.81. The molecule has 1 fully saturated rings. The fraction of sp³-hybridized carbons (Fsp3) is 0.273. The molecule has 31 heavy (non-hydrogen) atoms. The van der Waals surface area contributed by atoms with Crippen LogP contribution in [0.2, 0.25) is 0 Å². The predicted octanol–water partition coefficient (Wildman–Crippen LogP) is 4.27. The highest BCUT2D eigenvalue weighted by molar-refractivity contribution is 6.02. The highest BCUT2D eigenvalue weighted by atomic mass is 19.4. The Hall–Kier alpha value is -3.33. The molecule has 0 atom stereocenters. The molecule has 1 saturated heterocycles. The number of alkyl halides is 3.